The van der Waals surface area contributed by atoms with Crippen molar-refractivity contribution in [2.24, 2.45) is 0 Å². The van der Waals surface area contributed by atoms with Gasteiger partial charge in [-0.05, 0) is 37.5 Å². The minimum absolute atomic E-state index is 0.0696. The van der Waals surface area contributed by atoms with E-state index in [1.807, 2.05) is 0 Å². The highest BCUT2D eigenvalue weighted by Gasteiger charge is 2.33. The van der Waals surface area contributed by atoms with Crippen LogP contribution in [0.25, 0.3) is 0 Å². The van der Waals surface area contributed by atoms with Gasteiger partial charge in [-0.1, -0.05) is 17.7 Å². The number of carbonyl (C=O) groups excluding carboxylic acids is 2. The number of hydrogen-bond donors (Lipinski definition) is 2. The molecule has 140 valence electrons. The zero-order valence-corrected chi connectivity index (χ0v) is 15.4. The van der Waals surface area contributed by atoms with Gasteiger partial charge in [-0.2, -0.15) is 0 Å². The summed E-state index contributed by atoms with van der Waals surface area (Å²) in [7, 11) is 1.52. The van der Waals surface area contributed by atoms with Crippen LogP contribution in [0.4, 0.5) is 4.79 Å². The SMILES string of the molecule is COc1ccc([C@@H]2NC(=O)NC(C)=C2C(=O)OC[C@H]2CCCO2)cc1Cl. The van der Waals surface area contributed by atoms with Crippen LogP contribution >= 0.6 is 11.6 Å². The lowest BCUT2D eigenvalue weighted by Gasteiger charge is -2.28. The maximum absolute atomic E-state index is 12.7. The van der Waals surface area contributed by atoms with Gasteiger partial charge in [0.2, 0.25) is 0 Å². The largest absolute Gasteiger partial charge is 0.495 e. The summed E-state index contributed by atoms with van der Waals surface area (Å²) in [5.74, 6) is 0.0151. The molecule has 3 rings (SSSR count). The molecule has 7 nitrogen and oxygen atoms in total. The number of esters is 1. The summed E-state index contributed by atoms with van der Waals surface area (Å²) in [6.45, 7) is 2.55. The lowest BCUT2D eigenvalue weighted by Crippen LogP contribution is -2.45. The van der Waals surface area contributed by atoms with Gasteiger partial charge >= 0.3 is 12.0 Å². The van der Waals surface area contributed by atoms with Gasteiger partial charge in [-0.15, -0.1) is 0 Å². The minimum atomic E-state index is -0.663. The maximum atomic E-state index is 12.7. The number of benzene rings is 1. The fourth-order valence-electron chi connectivity index (χ4n) is 3.10. The Morgan fingerprint density at radius 1 is 1.42 bits per heavy atom. The van der Waals surface area contributed by atoms with Crippen molar-refractivity contribution in [2.45, 2.75) is 31.9 Å². The second-order valence-corrected chi connectivity index (χ2v) is 6.60. The van der Waals surface area contributed by atoms with Crippen LogP contribution in [-0.2, 0) is 14.3 Å². The molecule has 8 heteroatoms. The number of halogens is 1. The van der Waals surface area contributed by atoms with E-state index in [0.717, 1.165) is 12.8 Å². The molecular formula is C18H21ClN2O5. The number of allylic oxidation sites excluding steroid dienone is 1. The van der Waals surface area contributed by atoms with Crippen molar-refractivity contribution in [3.05, 3.63) is 40.1 Å². The van der Waals surface area contributed by atoms with E-state index in [2.05, 4.69) is 10.6 Å². The number of amides is 2. The second-order valence-electron chi connectivity index (χ2n) is 6.20. The molecule has 2 N–H and O–H groups in total. The van der Waals surface area contributed by atoms with Crippen molar-refractivity contribution < 1.29 is 23.8 Å². The predicted molar refractivity (Wildman–Crippen MR) is 95.0 cm³/mol. The third kappa shape index (κ3) is 3.94. The fourth-order valence-corrected chi connectivity index (χ4v) is 3.36. The standard InChI is InChI=1S/C18H21ClN2O5/c1-10-15(17(22)26-9-12-4-3-7-25-12)16(21-18(23)20-10)11-5-6-14(24-2)13(19)8-11/h5-6,8,12,16H,3-4,7,9H2,1-2H3,(H2,20,21,23)/t12-,16+/m1/s1. The normalized spacial score (nSPS) is 22.7. The molecule has 2 heterocycles. The predicted octanol–water partition coefficient (Wildman–Crippen LogP) is 2.70. The molecule has 2 amide bonds. The lowest BCUT2D eigenvalue weighted by atomic mass is 9.95. The summed E-state index contributed by atoms with van der Waals surface area (Å²) < 4.78 is 16.1. The first kappa shape index (κ1) is 18.5. The molecule has 0 aromatic heterocycles. The molecule has 0 aliphatic carbocycles. The van der Waals surface area contributed by atoms with Gasteiger partial charge in [0.25, 0.3) is 0 Å². The van der Waals surface area contributed by atoms with Crippen molar-refractivity contribution >= 4 is 23.6 Å². The van der Waals surface area contributed by atoms with E-state index in [9.17, 15) is 9.59 Å². The highest BCUT2D eigenvalue weighted by atomic mass is 35.5. The minimum Gasteiger partial charge on any atom is -0.495 e. The quantitative estimate of drug-likeness (QED) is 0.767. The highest BCUT2D eigenvalue weighted by molar-refractivity contribution is 6.32. The van der Waals surface area contributed by atoms with Crippen LogP contribution in [0.15, 0.2) is 29.5 Å². The Kier molecular flexibility index (Phi) is 5.68. The zero-order valence-electron chi connectivity index (χ0n) is 14.6. The summed E-state index contributed by atoms with van der Waals surface area (Å²) in [5.41, 5.74) is 1.45. The van der Waals surface area contributed by atoms with Crippen molar-refractivity contribution in [3.63, 3.8) is 0 Å². The van der Waals surface area contributed by atoms with E-state index in [-0.39, 0.29) is 12.7 Å². The Morgan fingerprint density at radius 3 is 2.88 bits per heavy atom. The van der Waals surface area contributed by atoms with Gasteiger partial charge < -0.3 is 24.8 Å². The smallest absolute Gasteiger partial charge is 0.338 e. The molecule has 0 spiro atoms. The molecule has 1 aromatic carbocycles. The highest BCUT2D eigenvalue weighted by Crippen LogP contribution is 2.33. The average Bonchev–Trinajstić information content (AvgIpc) is 3.12. The number of rotatable bonds is 5. The average molecular weight is 381 g/mol. The fraction of sp³-hybridized carbons (Fsp3) is 0.444. The molecular weight excluding hydrogens is 360 g/mol. The third-order valence-corrected chi connectivity index (χ3v) is 4.72. The van der Waals surface area contributed by atoms with Crippen molar-refractivity contribution in [3.8, 4) is 5.75 Å². The second kappa shape index (κ2) is 7.97. The zero-order chi connectivity index (χ0) is 18.7. The Morgan fingerprint density at radius 2 is 2.23 bits per heavy atom. The van der Waals surface area contributed by atoms with Crippen molar-refractivity contribution in [1.29, 1.82) is 0 Å². The van der Waals surface area contributed by atoms with E-state index in [1.54, 1.807) is 25.1 Å². The maximum Gasteiger partial charge on any atom is 0.338 e. The Bertz CT molecular complexity index is 743. The number of nitrogens with one attached hydrogen (secondary N) is 2. The summed E-state index contributed by atoms with van der Waals surface area (Å²) in [5, 5.41) is 5.75. The summed E-state index contributed by atoms with van der Waals surface area (Å²) in [4.78, 5) is 24.6. The van der Waals surface area contributed by atoms with Crippen LogP contribution in [0.1, 0.15) is 31.4 Å². The Balaban J connectivity index is 1.84. The van der Waals surface area contributed by atoms with E-state index in [0.29, 0.717) is 34.2 Å². The molecule has 1 fully saturated rings. The molecule has 1 aromatic rings. The molecule has 0 unspecified atom stereocenters. The number of carbonyl (C=O) groups is 2. The third-order valence-electron chi connectivity index (χ3n) is 4.42. The van der Waals surface area contributed by atoms with Crippen LogP contribution in [0.3, 0.4) is 0 Å². The lowest BCUT2D eigenvalue weighted by molar-refractivity contribution is -0.142. The summed E-state index contributed by atoms with van der Waals surface area (Å²) >= 11 is 6.19. The molecule has 2 aliphatic heterocycles. The monoisotopic (exact) mass is 380 g/mol. The van der Waals surface area contributed by atoms with Crippen molar-refractivity contribution in [2.75, 3.05) is 20.3 Å². The van der Waals surface area contributed by atoms with Crippen LogP contribution in [0.2, 0.25) is 5.02 Å². The van der Waals surface area contributed by atoms with Crippen LogP contribution < -0.4 is 15.4 Å². The molecule has 2 atom stereocenters. The number of urea groups is 1. The molecule has 26 heavy (non-hydrogen) atoms. The molecule has 1 saturated heterocycles. The van der Waals surface area contributed by atoms with Gasteiger partial charge in [0.05, 0.1) is 29.9 Å². The van der Waals surface area contributed by atoms with Gasteiger partial charge in [0.1, 0.15) is 12.4 Å². The topological polar surface area (TPSA) is 85.9 Å². The van der Waals surface area contributed by atoms with E-state index < -0.39 is 18.0 Å². The van der Waals surface area contributed by atoms with Crippen LogP contribution in [-0.4, -0.2) is 38.4 Å². The van der Waals surface area contributed by atoms with Gasteiger partial charge in [0.15, 0.2) is 0 Å². The molecule has 0 bridgehead atoms. The first-order valence-corrected chi connectivity index (χ1v) is 8.78. The molecule has 2 aliphatic rings. The van der Waals surface area contributed by atoms with Crippen LogP contribution in [0, 0.1) is 0 Å². The van der Waals surface area contributed by atoms with E-state index in [1.165, 1.54) is 7.11 Å². The number of methoxy groups -OCH3 is 1. The van der Waals surface area contributed by atoms with Gasteiger partial charge in [-0.3, -0.25) is 0 Å². The number of hydrogen-bond acceptors (Lipinski definition) is 5. The summed E-state index contributed by atoms with van der Waals surface area (Å²) in [6.07, 6.45) is 1.77. The van der Waals surface area contributed by atoms with Gasteiger partial charge in [0, 0.05) is 12.3 Å². The summed E-state index contributed by atoms with van der Waals surface area (Å²) in [6, 6.07) is 4.05. The van der Waals surface area contributed by atoms with Gasteiger partial charge in [-0.25, -0.2) is 9.59 Å². The van der Waals surface area contributed by atoms with E-state index >= 15 is 0 Å². The van der Waals surface area contributed by atoms with Crippen molar-refractivity contribution in [1.82, 2.24) is 10.6 Å². The van der Waals surface area contributed by atoms with E-state index in [4.69, 9.17) is 25.8 Å². The molecule has 0 saturated carbocycles. The Labute approximate surface area is 156 Å². The molecule has 0 radical (unpaired) electrons. The first-order chi connectivity index (χ1) is 12.5. The van der Waals surface area contributed by atoms with Crippen LogP contribution in [0.5, 0.6) is 5.75 Å². The number of ether oxygens (including phenoxy) is 3. The Hall–Kier alpha value is -2.25. The first-order valence-electron chi connectivity index (χ1n) is 8.40.